The molecular formula is C19H26N4O3. The molecule has 0 saturated carbocycles. The number of nitrogens with one attached hydrogen (secondary N) is 1. The van der Waals surface area contributed by atoms with Gasteiger partial charge in [0.05, 0.1) is 13.2 Å². The molecule has 1 atom stereocenters. The highest BCUT2D eigenvalue weighted by Crippen LogP contribution is 2.18. The molecule has 0 radical (unpaired) electrons. The van der Waals surface area contributed by atoms with Gasteiger partial charge < -0.3 is 14.5 Å². The van der Waals surface area contributed by atoms with Gasteiger partial charge in [0.25, 0.3) is 0 Å². The highest BCUT2D eigenvalue weighted by atomic mass is 16.5. The normalized spacial score (nSPS) is 16.4. The van der Waals surface area contributed by atoms with Crippen LogP contribution >= 0.6 is 0 Å². The number of hydrogen-bond donors (Lipinski definition) is 1. The van der Waals surface area contributed by atoms with E-state index in [4.69, 9.17) is 9.15 Å². The van der Waals surface area contributed by atoms with Crippen molar-refractivity contribution >= 4 is 5.91 Å². The van der Waals surface area contributed by atoms with Crippen molar-refractivity contribution in [1.82, 2.24) is 20.4 Å². The molecule has 0 spiro atoms. The lowest BCUT2D eigenvalue weighted by Crippen LogP contribution is -2.46. The van der Waals surface area contributed by atoms with Crippen LogP contribution in [0, 0.1) is 6.92 Å². The number of aromatic nitrogens is 2. The molecule has 2 heterocycles. The van der Waals surface area contributed by atoms with Crippen LogP contribution < -0.4 is 5.32 Å². The predicted octanol–water partition coefficient (Wildman–Crippen LogP) is 1.81. The first-order valence-electron chi connectivity index (χ1n) is 9.09. The fourth-order valence-electron chi connectivity index (χ4n) is 2.95. The molecule has 2 aromatic rings. The highest BCUT2D eigenvalue weighted by Gasteiger charge is 2.16. The second-order valence-corrected chi connectivity index (χ2v) is 6.75. The SMILES string of the molecule is Cc1ccc(-c2nnc(CCC(=O)N[C@@H](C)CN3CCOCC3)o2)cc1. The summed E-state index contributed by atoms with van der Waals surface area (Å²) in [5.41, 5.74) is 2.06. The number of hydrogen-bond acceptors (Lipinski definition) is 6. The summed E-state index contributed by atoms with van der Waals surface area (Å²) in [6.07, 6.45) is 0.776. The maximum absolute atomic E-state index is 12.1. The zero-order valence-electron chi connectivity index (χ0n) is 15.4. The molecule has 1 aliphatic heterocycles. The Balaban J connectivity index is 1.43. The van der Waals surface area contributed by atoms with E-state index in [1.807, 2.05) is 38.1 Å². The number of amides is 1. The van der Waals surface area contributed by atoms with Crippen molar-refractivity contribution in [3.63, 3.8) is 0 Å². The van der Waals surface area contributed by atoms with Crippen LogP contribution in [0.2, 0.25) is 0 Å². The molecular weight excluding hydrogens is 332 g/mol. The molecule has 7 nitrogen and oxygen atoms in total. The van der Waals surface area contributed by atoms with E-state index in [2.05, 4.69) is 20.4 Å². The van der Waals surface area contributed by atoms with E-state index < -0.39 is 0 Å². The smallest absolute Gasteiger partial charge is 0.247 e. The molecule has 1 aliphatic rings. The minimum atomic E-state index is 0.000783. The molecule has 0 aliphatic carbocycles. The Kier molecular flexibility index (Phi) is 6.35. The van der Waals surface area contributed by atoms with Crippen molar-refractivity contribution in [3.05, 3.63) is 35.7 Å². The molecule has 0 bridgehead atoms. The molecule has 7 heteroatoms. The molecule has 1 amide bonds. The summed E-state index contributed by atoms with van der Waals surface area (Å²) >= 11 is 0. The van der Waals surface area contributed by atoms with Crippen molar-refractivity contribution < 1.29 is 13.9 Å². The maximum Gasteiger partial charge on any atom is 0.247 e. The Morgan fingerprint density at radius 1 is 1.23 bits per heavy atom. The Morgan fingerprint density at radius 3 is 2.69 bits per heavy atom. The summed E-state index contributed by atoms with van der Waals surface area (Å²) in [6.45, 7) is 8.26. The van der Waals surface area contributed by atoms with E-state index in [0.29, 0.717) is 24.6 Å². The summed E-state index contributed by atoms with van der Waals surface area (Å²) in [7, 11) is 0. The lowest BCUT2D eigenvalue weighted by Gasteiger charge is -2.29. The Labute approximate surface area is 153 Å². The van der Waals surface area contributed by atoms with E-state index in [0.717, 1.165) is 38.4 Å². The zero-order chi connectivity index (χ0) is 18.4. The first-order valence-corrected chi connectivity index (χ1v) is 9.09. The van der Waals surface area contributed by atoms with E-state index in [1.54, 1.807) is 0 Å². The van der Waals surface area contributed by atoms with Crippen LogP contribution in [0.5, 0.6) is 0 Å². The number of benzene rings is 1. The van der Waals surface area contributed by atoms with E-state index in [1.165, 1.54) is 5.56 Å². The quantitative estimate of drug-likeness (QED) is 0.813. The second kappa shape index (κ2) is 8.91. The van der Waals surface area contributed by atoms with Crippen molar-refractivity contribution in [1.29, 1.82) is 0 Å². The summed E-state index contributed by atoms with van der Waals surface area (Å²) in [6, 6.07) is 8.01. The third-order valence-electron chi connectivity index (χ3n) is 4.37. The number of nitrogens with zero attached hydrogens (tertiary/aromatic N) is 3. The van der Waals surface area contributed by atoms with E-state index in [9.17, 15) is 4.79 Å². The first-order chi connectivity index (χ1) is 12.6. The molecule has 1 N–H and O–H groups in total. The average Bonchev–Trinajstić information content (AvgIpc) is 3.10. The van der Waals surface area contributed by atoms with Gasteiger partial charge >= 0.3 is 0 Å². The third kappa shape index (κ3) is 5.37. The van der Waals surface area contributed by atoms with Crippen LogP contribution in [0.1, 0.15) is 24.8 Å². The van der Waals surface area contributed by atoms with Gasteiger partial charge in [-0.25, -0.2) is 0 Å². The molecule has 140 valence electrons. The first kappa shape index (κ1) is 18.5. The molecule has 3 rings (SSSR count). The summed E-state index contributed by atoms with van der Waals surface area (Å²) in [5, 5.41) is 11.1. The number of carbonyl (C=O) groups is 1. The largest absolute Gasteiger partial charge is 0.421 e. The van der Waals surface area contributed by atoms with Crippen LogP contribution in [-0.2, 0) is 16.0 Å². The Bertz CT molecular complexity index is 708. The number of morpholine rings is 1. The van der Waals surface area contributed by atoms with Crippen LogP contribution in [-0.4, -0.2) is 59.9 Å². The van der Waals surface area contributed by atoms with E-state index in [-0.39, 0.29) is 11.9 Å². The minimum absolute atomic E-state index is 0.000783. The average molecular weight is 358 g/mol. The fraction of sp³-hybridized carbons (Fsp3) is 0.526. The zero-order valence-corrected chi connectivity index (χ0v) is 15.4. The van der Waals surface area contributed by atoms with Crippen molar-refractivity contribution in [3.8, 4) is 11.5 Å². The monoisotopic (exact) mass is 358 g/mol. The van der Waals surface area contributed by atoms with Crippen LogP contribution in [0.3, 0.4) is 0 Å². The van der Waals surface area contributed by atoms with Crippen molar-refractivity contribution in [2.45, 2.75) is 32.7 Å². The summed E-state index contributed by atoms with van der Waals surface area (Å²) in [5.74, 6) is 0.971. The molecule has 1 saturated heterocycles. The second-order valence-electron chi connectivity index (χ2n) is 6.75. The molecule has 1 aromatic heterocycles. The van der Waals surface area contributed by atoms with Gasteiger partial charge in [-0.05, 0) is 26.0 Å². The standard InChI is InChI=1S/C19H26N4O3/c1-14-3-5-16(6-4-14)19-22-21-18(26-19)8-7-17(24)20-15(2)13-23-9-11-25-12-10-23/h3-6,15H,7-13H2,1-2H3,(H,20,24)/t15-/m0/s1. The van der Waals surface area contributed by atoms with Gasteiger partial charge in [-0.15, -0.1) is 10.2 Å². The Morgan fingerprint density at radius 2 is 1.96 bits per heavy atom. The Hall–Kier alpha value is -2.25. The van der Waals surface area contributed by atoms with Gasteiger partial charge in [-0.2, -0.15) is 0 Å². The highest BCUT2D eigenvalue weighted by molar-refractivity contribution is 5.76. The molecule has 1 fully saturated rings. The van der Waals surface area contributed by atoms with Gasteiger partial charge in [-0.3, -0.25) is 9.69 Å². The lowest BCUT2D eigenvalue weighted by molar-refractivity contribution is -0.121. The van der Waals surface area contributed by atoms with Gasteiger partial charge in [-0.1, -0.05) is 17.7 Å². The van der Waals surface area contributed by atoms with Gasteiger partial charge in [0.15, 0.2) is 0 Å². The predicted molar refractivity (Wildman–Crippen MR) is 97.7 cm³/mol. The number of ether oxygens (including phenoxy) is 1. The topological polar surface area (TPSA) is 80.5 Å². The lowest BCUT2D eigenvalue weighted by atomic mass is 10.1. The van der Waals surface area contributed by atoms with Crippen LogP contribution in [0.4, 0.5) is 0 Å². The van der Waals surface area contributed by atoms with E-state index >= 15 is 0 Å². The van der Waals surface area contributed by atoms with Crippen molar-refractivity contribution in [2.75, 3.05) is 32.8 Å². The van der Waals surface area contributed by atoms with Gasteiger partial charge in [0.1, 0.15) is 0 Å². The van der Waals surface area contributed by atoms with Crippen LogP contribution in [0.15, 0.2) is 28.7 Å². The van der Waals surface area contributed by atoms with Crippen molar-refractivity contribution in [2.24, 2.45) is 0 Å². The van der Waals surface area contributed by atoms with Gasteiger partial charge in [0.2, 0.25) is 17.7 Å². The number of aryl methyl sites for hydroxylation is 2. The number of carbonyl (C=O) groups excluding carboxylic acids is 1. The van der Waals surface area contributed by atoms with Crippen LogP contribution in [0.25, 0.3) is 11.5 Å². The minimum Gasteiger partial charge on any atom is -0.421 e. The third-order valence-corrected chi connectivity index (χ3v) is 4.37. The molecule has 0 unspecified atom stereocenters. The van der Waals surface area contributed by atoms with Gasteiger partial charge in [0, 0.05) is 44.1 Å². The fourth-order valence-corrected chi connectivity index (χ4v) is 2.95. The maximum atomic E-state index is 12.1. The summed E-state index contributed by atoms with van der Waals surface area (Å²) in [4.78, 5) is 14.4. The molecule has 1 aromatic carbocycles. The summed E-state index contributed by atoms with van der Waals surface area (Å²) < 4.78 is 11.0. The number of rotatable bonds is 7. The molecule has 26 heavy (non-hydrogen) atoms.